The van der Waals surface area contributed by atoms with Gasteiger partial charge in [-0.3, -0.25) is 19.2 Å². The SMILES string of the molecule is C=C=C[C@@H]1OC(OC(C)=O)[C@H](OC(C)=O)[C@H](OC(C)=O)[C@@H]1OC(C)=O. The van der Waals surface area contributed by atoms with Crippen LogP contribution in [0.1, 0.15) is 27.7 Å². The van der Waals surface area contributed by atoms with Crippen molar-refractivity contribution in [2.75, 3.05) is 0 Å². The Balaban J connectivity index is 3.33. The first kappa shape index (κ1) is 20.4. The number of ether oxygens (including phenoxy) is 5. The van der Waals surface area contributed by atoms with Crippen LogP contribution in [0.25, 0.3) is 0 Å². The molecular weight excluding hydrogens is 336 g/mol. The Labute approximate surface area is 144 Å². The van der Waals surface area contributed by atoms with Gasteiger partial charge in [-0.25, -0.2) is 0 Å². The predicted octanol–water partition coefficient (Wildman–Crippen LogP) is 0.411. The number of esters is 4. The maximum absolute atomic E-state index is 11.5. The molecule has 0 aliphatic carbocycles. The van der Waals surface area contributed by atoms with Crippen LogP contribution in [0, 0.1) is 0 Å². The first-order valence-electron chi connectivity index (χ1n) is 7.36. The molecule has 9 nitrogen and oxygen atoms in total. The second-order valence-corrected chi connectivity index (χ2v) is 5.17. The molecule has 0 spiro atoms. The number of hydrogen-bond acceptors (Lipinski definition) is 9. The fraction of sp³-hybridized carbons (Fsp3) is 0.562. The third-order valence-corrected chi connectivity index (χ3v) is 3.00. The summed E-state index contributed by atoms with van der Waals surface area (Å²) in [5.74, 6) is -2.84. The van der Waals surface area contributed by atoms with Gasteiger partial charge < -0.3 is 23.7 Å². The zero-order valence-corrected chi connectivity index (χ0v) is 14.3. The van der Waals surface area contributed by atoms with Crippen molar-refractivity contribution in [2.24, 2.45) is 0 Å². The number of hydrogen-bond donors (Lipinski definition) is 0. The van der Waals surface area contributed by atoms with Crippen molar-refractivity contribution in [2.45, 2.75) is 58.4 Å². The number of carbonyl (C=O) groups excluding carboxylic acids is 4. The van der Waals surface area contributed by atoms with Gasteiger partial charge >= 0.3 is 23.9 Å². The molecule has 1 aliphatic rings. The van der Waals surface area contributed by atoms with Gasteiger partial charge in [0.25, 0.3) is 0 Å². The van der Waals surface area contributed by atoms with E-state index >= 15 is 0 Å². The lowest BCUT2D eigenvalue weighted by Crippen LogP contribution is -2.61. The minimum absolute atomic E-state index is 0.680. The summed E-state index contributed by atoms with van der Waals surface area (Å²) < 4.78 is 26.0. The van der Waals surface area contributed by atoms with Gasteiger partial charge in [-0.2, -0.15) is 0 Å². The van der Waals surface area contributed by atoms with Crippen LogP contribution in [0.3, 0.4) is 0 Å². The molecule has 0 amide bonds. The zero-order chi connectivity index (χ0) is 19.1. The van der Waals surface area contributed by atoms with Gasteiger partial charge in [0.2, 0.25) is 12.4 Å². The lowest BCUT2D eigenvalue weighted by molar-refractivity contribution is -0.287. The Morgan fingerprint density at radius 1 is 0.800 bits per heavy atom. The molecule has 0 bridgehead atoms. The maximum atomic E-state index is 11.5. The van der Waals surface area contributed by atoms with E-state index in [1.54, 1.807) is 0 Å². The van der Waals surface area contributed by atoms with Crippen molar-refractivity contribution in [1.82, 2.24) is 0 Å². The molecule has 1 fully saturated rings. The number of carbonyl (C=O) groups is 4. The molecule has 9 heteroatoms. The quantitative estimate of drug-likeness (QED) is 0.392. The van der Waals surface area contributed by atoms with Crippen LogP contribution >= 0.6 is 0 Å². The van der Waals surface area contributed by atoms with E-state index in [1.165, 1.54) is 6.08 Å². The summed E-state index contributed by atoms with van der Waals surface area (Å²) in [4.78, 5) is 45.6. The Morgan fingerprint density at radius 2 is 1.24 bits per heavy atom. The molecule has 5 atom stereocenters. The standard InChI is InChI=1S/C16H20O9/c1-6-7-12-13(21-8(2)17)14(22-9(3)18)15(23-10(4)19)16(25-12)24-11(5)20/h7,12-16H,1H2,2-5H3/t12-,13+,14+,15+,16?/m0/s1. The highest BCUT2D eigenvalue weighted by Gasteiger charge is 2.52. The molecule has 1 unspecified atom stereocenters. The first-order valence-corrected chi connectivity index (χ1v) is 7.36. The fourth-order valence-electron chi connectivity index (χ4n) is 2.31. The Bertz CT molecular complexity index is 590. The topological polar surface area (TPSA) is 114 Å². The maximum Gasteiger partial charge on any atom is 0.305 e. The summed E-state index contributed by atoms with van der Waals surface area (Å²) in [6, 6.07) is 0. The van der Waals surface area contributed by atoms with E-state index in [2.05, 4.69) is 12.3 Å². The van der Waals surface area contributed by atoms with Crippen LogP contribution in [0.5, 0.6) is 0 Å². The third-order valence-electron chi connectivity index (χ3n) is 3.00. The van der Waals surface area contributed by atoms with Crippen LogP contribution < -0.4 is 0 Å². The van der Waals surface area contributed by atoms with Crippen molar-refractivity contribution in [3.05, 3.63) is 18.4 Å². The fourth-order valence-corrected chi connectivity index (χ4v) is 2.31. The molecule has 0 saturated carbocycles. The molecule has 0 aromatic rings. The Kier molecular flexibility index (Phi) is 7.35. The number of rotatable bonds is 5. The van der Waals surface area contributed by atoms with Crippen molar-refractivity contribution >= 4 is 23.9 Å². The molecule has 0 aromatic carbocycles. The van der Waals surface area contributed by atoms with Gasteiger partial charge in [0, 0.05) is 27.7 Å². The second-order valence-electron chi connectivity index (χ2n) is 5.17. The molecule has 1 aliphatic heterocycles. The molecular formula is C16H20O9. The van der Waals surface area contributed by atoms with Gasteiger partial charge in [-0.05, 0) is 6.08 Å². The largest absolute Gasteiger partial charge is 0.455 e. The van der Waals surface area contributed by atoms with Crippen molar-refractivity contribution < 1.29 is 42.9 Å². The Hall–Kier alpha value is -2.64. The molecule has 1 saturated heterocycles. The van der Waals surface area contributed by atoms with Crippen molar-refractivity contribution in [3.8, 4) is 0 Å². The molecule has 0 N–H and O–H groups in total. The van der Waals surface area contributed by atoms with E-state index in [0.29, 0.717) is 0 Å². The summed E-state index contributed by atoms with van der Waals surface area (Å²) in [7, 11) is 0. The van der Waals surface area contributed by atoms with Crippen LogP contribution in [0.15, 0.2) is 18.4 Å². The second kappa shape index (κ2) is 9.00. The van der Waals surface area contributed by atoms with Crippen molar-refractivity contribution in [1.29, 1.82) is 0 Å². The van der Waals surface area contributed by atoms with E-state index in [1.807, 2.05) is 0 Å². The molecule has 0 aromatic heterocycles. The van der Waals surface area contributed by atoms with Gasteiger partial charge in [0.05, 0.1) is 0 Å². The van der Waals surface area contributed by atoms with E-state index in [0.717, 1.165) is 27.7 Å². The minimum atomic E-state index is -1.38. The average Bonchev–Trinajstić information content (AvgIpc) is 2.45. The summed E-state index contributed by atoms with van der Waals surface area (Å²) in [5, 5.41) is 0. The lowest BCUT2D eigenvalue weighted by atomic mass is 9.97. The van der Waals surface area contributed by atoms with E-state index in [-0.39, 0.29) is 0 Å². The average molecular weight is 356 g/mol. The Morgan fingerprint density at radius 3 is 1.68 bits per heavy atom. The molecule has 1 heterocycles. The van der Waals surface area contributed by atoms with Crippen LogP contribution in [-0.2, 0) is 42.9 Å². The van der Waals surface area contributed by atoms with Gasteiger partial charge in [-0.1, -0.05) is 6.58 Å². The van der Waals surface area contributed by atoms with E-state index < -0.39 is 54.6 Å². The van der Waals surface area contributed by atoms with Gasteiger partial charge in [0.15, 0.2) is 12.2 Å². The zero-order valence-electron chi connectivity index (χ0n) is 14.3. The lowest BCUT2D eigenvalue weighted by Gasteiger charge is -2.42. The van der Waals surface area contributed by atoms with Crippen LogP contribution in [0.2, 0.25) is 0 Å². The van der Waals surface area contributed by atoms with Crippen LogP contribution in [0.4, 0.5) is 0 Å². The smallest absolute Gasteiger partial charge is 0.305 e. The van der Waals surface area contributed by atoms with Crippen molar-refractivity contribution in [3.63, 3.8) is 0 Å². The van der Waals surface area contributed by atoms with Gasteiger partial charge in [-0.15, -0.1) is 5.73 Å². The van der Waals surface area contributed by atoms with E-state index in [9.17, 15) is 19.2 Å². The summed E-state index contributed by atoms with van der Waals surface area (Å²) in [6.45, 7) is 7.93. The summed E-state index contributed by atoms with van der Waals surface area (Å²) in [6.07, 6.45) is -4.83. The van der Waals surface area contributed by atoms with Gasteiger partial charge in [0.1, 0.15) is 6.10 Å². The summed E-state index contributed by atoms with van der Waals surface area (Å²) in [5.41, 5.74) is 2.46. The highest BCUT2D eigenvalue weighted by molar-refractivity contribution is 5.69. The highest BCUT2D eigenvalue weighted by Crippen LogP contribution is 2.30. The minimum Gasteiger partial charge on any atom is -0.455 e. The van der Waals surface area contributed by atoms with Crippen LogP contribution in [-0.4, -0.2) is 54.6 Å². The molecule has 0 radical (unpaired) electrons. The first-order chi connectivity index (χ1) is 11.6. The monoisotopic (exact) mass is 356 g/mol. The summed E-state index contributed by atoms with van der Waals surface area (Å²) >= 11 is 0. The van der Waals surface area contributed by atoms with E-state index in [4.69, 9.17) is 23.7 Å². The molecule has 25 heavy (non-hydrogen) atoms. The molecule has 1 rings (SSSR count). The highest BCUT2D eigenvalue weighted by atomic mass is 16.7. The normalized spacial score (nSPS) is 28.1. The molecule has 138 valence electrons. The third kappa shape index (κ3) is 6.06. The predicted molar refractivity (Wildman–Crippen MR) is 80.8 cm³/mol.